The Morgan fingerprint density at radius 1 is 1.19 bits per heavy atom. The molecule has 3 rings (SSSR count). The summed E-state index contributed by atoms with van der Waals surface area (Å²) in [6.07, 6.45) is 2.11. The fourth-order valence-corrected chi connectivity index (χ4v) is 4.18. The first-order valence-corrected chi connectivity index (χ1v) is 9.99. The average Bonchev–Trinajstić information content (AvgIpc) is 3.26. The Morgan fingerprint density at radius 3 is 2.63 bits per heavy atom. The van der Waals surface area contributed by atoms with Gasteiger partial charge in [-0.1, -0.05) is 36.4 Å². The molecule has 1 fully saturated rings. The molecule has 1 atom stereocenters. The number of thiophene rings is 1. The topological polar surface area (TPSA) is 86.7 Å². The minimum atomic E-state index is -0.485. The van der Waals surface area contributed by atoms with Gasteiger partial charge in [0.05, 0.1) is 17.6 Å². The number of carbonyl (C=O) groups is 3. The van der Waals surface area contributed by atoms with Crippen LogP contribution in [0, 0.1) is 0 Å². The van der Waals surface area contributed by atoms with E-state index < -0.39 is 23.1 Å². The standard InChI is InChI=1S/C19H18N2O4S2/c22-12-14(9-13-5-2-1-3-6-13)20-17(23)11-21-18(24)16(27-19(21)25)10-15-7-4-8-26-15/h1-8,10,14,22H,9,11-12H2,(H,20,23)/t14-/m1/s1. The van der Waals surface area contributed by atoms with Crippen molar-refractivity contribution in [1.29, 1.82) is 0 Å². The SMILES string of the molecule is O=C(CN1C(=O)SC(=Cc2cccs2)C1=O)N[C@@H](CO)Cc1ccccc1. The summed E-state index contributed by atoms with van der Waals surface area (Å²) in [5.41, 5.74) is 0.974. The Balaban J connectivity index is 1.59. The normalized spacial score (nSPS) is 16.8. The molecule has 8 heteroatoms. The number of rotatable bonds is 7. The summed E-state index contributed by atoms with van der Waals surface area (Å²) in [6.45, 7) is -0.599. The number of carbonyl (C=O) groups excluding carboxylic acids is 3. The van der Waals surface area contributed by atoms with Gasteiger partial charge in [-0.05, 0) is 41.3 Å². The highest BCUT2D eigenvalue weighted by Gasteiger charge is 2.36. The molecule has 1 aromatic carbocycles. The van der Waals surface area contributed by atoms with Gasteiger partial charge in [0.25, 0.3) is 11.1 Å². The van der Waals surface area contributed by atoms with Crippen molar-refractivity contribution in [3.63, 3.8) is 0 Å². The summed E-state index contributed by atoms with van der Waals surface area (Å²) in [5, 5.41) is 13.6. The van der Waals surface area contributed by atoms with E-state index in [4.69, 9.17) is 0 Å². The van der Waals surface area contributed by atoms with Gasteiger partial charge in [-0.25, -0.2) is 0 Å². The number of nitrogens with zero attached hydrogens (tertiary/aromatic N) is 1. The van der Waals surface area contributed by atoms with Gasteiger partial charge in [0.15, 0.2) is 0 Å². The van der Waals surface area contributed by atoms with Crippen LogP contribution in [0.5, 0.6) is 0 Å². The van der Waals surface area contributed by atoms with Gasteiger partial charge >= 0.3 is 0 Å². The van der Waals surface area contributed by atoms with Crippen LogP contribution in [0.1, 0.15) is 10.4 Å². The molecule has 0 radical (unpaired) electrons. The molecule has 0 unspecified atom stereocenters. The van der Waals surface area contributed by atoms with Crippen molar-refractivity contribution in [3.8, 4) is 0 Å². The lowest BCUT2D eigenvalue weighted by Gasteiger charge is -2.18. The van der Waals surface area contributed by atoms with Crippen LogP contribution in [-0.4, -0.2) is 46.3 Å². The van der Waals surface area contributed by atoms with Crippen LogP contribution in [0.4, 0.5) is 4.79 Å². The van der Waals surface area contributed by atoms with E-state index in [1.165, 1.54) is 11.3 Å². The lowest BCUT2D eigenvalue weighted by molar-refractivity contribution is -0.129. The number of aliphatic hydroxyl groups is 1. The third-order valence-corrected chi connectivity index (χ3v) is 5.63. The number of amides is 3. The molecule has 27 heavy (non-hydrogen) atoms. The predicted octanol–water partition coefficient (Wildman–Crippen LogP) is 2.50. The zero-order valence-corrected chi connectivity index (χ0v) is 16.0. The minimum absolute atomic E-state index is 0.235. The van der Waals surface area contributed by atoms with E-state index in [1.54, 1.807) is 6.08 Å². The van der Waals surface area contributed by atoms with E-state index in [2.05, 4.69) is 5.32 Å². The summed E-state index contributed by atoms with van der Waals surface area (Å²) in [7, 11) is 0. The van der Waals surface area contributed by atoms with Crippen LogP contribution in [0.2, 0.25) is 0 Å². The smallest absolute Gasteiger partial charge is 0.294 e. The van der Waals surface area contributed by atoms with Crippen molar-refractivity contribution < 1.29 is 19.5 Å². The number of imide groups is 1. The fraction of sp³-hybridized carbons (Fsp3) is 0.211. The summed E-state index contributed by atoms with van der Waals surface area (Å²) < 4.78 is 0. The molecule has 140 valence electrons. The number of hydrogen-bond donors (Lipinski definition) is 2. The van der Waals surface area contributed by atoms with E-state index in [1.807, 2.05) is 47.8 Å². The summed E-state index contributed by atoms with van der Waals surface area (Å²) in [4.78, 5) is 38.9. The zero-order valence-electron chi connectivity index (χ0n) is 14.3. The predicted molar refractivity (Wildman–Crippen MR) is 106 cm³/mol. The molecule has 0 aliphatic carbocycles. The Labute approximate surface area is 164 Å². The molecule has 0 saturated carbocycles. The molecular weight excluding hydrogens is 384 g/mol. The molecule has 2 N–H and O–H groups in total. The Bertz CT molecular complexity index is 850. The molecular formula is C19H18N2O4S2. The third-order valence-electron chi connectivity index (χ3n) is 3.90. The van der Waals surface area contributed by atoms with E-state index in [0.29, 0.717) is 11.3 Å². The molecule has 1 saturated heterocycles. The zero-order chi connectivity index (χ0) is 19.2. The molecule has 6 nitrogen and oxygen atoms in total. The summed E-state index contributed by atoms with van der Waals surface area (Å²) in [6, 6.07) is 12.7. The van der Waals surface area contributed by atoms with Crippen molar-refractivity contribution in [3.05, 3.63) is 63.2 Å². The van der Waals surface area contributed by atoms with Gasteiger partial charge in [0, 0.05) is 4.88 Å². The van der Waals surface area contributed by atoms with Gasteiger partial charge in [-0.15, -0.1) is 11.3 Å². The molecule has 1 aliphatic heterocycles. The maximum Gasteiger partial charge on any atom is 0.294 e. The van der Waals surface area contributed by atoms with Crippen LogP contribution in [0.15, 0.2) is 52.7 Å². The molecule has 1 aliphatic rings. The Hall–Kier alpha value is -2.42. The first kappa shape index (κ1) is 19.3. The number of hydrogen-bond acceptors (Lipinski definition) is 6. The van der Waals surface area contributed by atoms with Crippen molar-refractivity contribution in [2.45, 2.75) is 12.5 Å². The summed E-state index contributed by atoms with van der Waals surface area (Å²) in [5.74, 6) is -0.957. The van der Waals surface area contributed by atoms with Gasteiger partial charge in [-0.3, -0.25) is 19.3 Å². The molecule has 1 aromatic heterocycles. The number of aliphatic hydroxyl groups excluding tert-OH is 1. The molecule has 0 spiro atoms. The van der Waals surface area contributed by atoms with E-state index >= 15 is 0 Å². The van der Waals surface area contributed by atoms with Crippen LogP contribution in [0.3, 0.4) is 0 Å². The first-order chi connectivity index (χ1) is 13.1. The largest absolute Gasteiger partial charge is 0.394 e. The Morgan fingerprint density at radius 2 is 1.96 bits per heavy atom. The van der Waals surface area contributed by atoms with Gasteiger partial charge in [0.1, 0.15) is 6.54 Å². The van der Waals surface area contributed by atoms with Crippen LogP contribution >= 0.6 is 23.1 Å². The highest BCUT2D eigenvalue weighted by molar-refractivity contribution is 8.18. The number of benzene rings is 1. The maximum absolute atomic E-state index is 12.4. The van der Waals surface area contributed by atoms with E-state index in [9.17, 15) is 19.5 Å². The van der Waals surface area contributed by atoms with Crippen molar-refractivity contribution in [1.82, 2.24) is 10.2 Å². The van der Waals surface area contributed by atoms with Crippen molar-refractivity contribution >= 4 is 46.2 Å². The van der Waals surface area contributed by atoms with Crippen molar-refractivity contribution in [2.75, 3.05) is 13.2 Å². The fourth-order valence-electron chi connectivity index (χ4n) is 2.62. The van der Waals surface area contributed by atoms with Gasteiger partial charge in [-0.2, -0.15) is 0 Å². The quantitative estimate of drug-likeness (QED) is 0.695. The van der Waals surface area contributed by atoms with Gasteiger partial charge < -0.3 is 10.4 Å². The molecule has 2 aromatic rings. The van der Waals surface area contributed by atoms with E-state index in [-0.39, 0.29) is 13.2 Å². The number of thioether (sulfide) groups is 1. The Kier molecular flexibility index (Phi) is 6.44. The van der Waals surface area contributed by atoms with Crippen molar-refractivity contribution in [2.24, 2.45) is 0 Å². The second-order valence-electron chi connectivity index (χ2n) is 5.92. The second kappa shape index (κ2) is 8.98. The molecule has 3 amide bonds. The minimum Gasteiger partial charge on any atom is -0.394 e. The highest BCUT2D eigenvalue weighted by Crippen LogP contribution is 2.32. The van der Waals surface area contributed by atoms with E-state index in [0.717, 1.165) is 27.1 Å². The number of nitrogens with one attached hydrogen (secondary N) is 1. The lowest BCUT2D eigenvalue weighted by Crippen LogP contribution is -2.45. The van der Waals surface area contributed by atoms with Crippen LogP contribution in [0.25, 0.3) is 6.08 Å². The summed E-state index contributed by atoms with van der Waals surface area (Å²) >= 11 is 2.29. The molecule has 2 heterocycles. The van der Waals surface area contributed by atoms with Crippen LogP contribution in [-0.2, 0) is 16.0 Å². The van der Waals surface area contributed by atoms with Gasteiger partial charge in [0.2, 0.25) is 5.91 Å². The monoisotopic (exact) mass is 402 g/mol. The van der Waals surface area contributed by atoms with Crippen LogP contribution < -0.4 is 5.32 Å². The first-order valence-electron chi connectivity index (χ1n) is 8.30. The second-order valence-corrected chi connectivity index (χ2v) is 7.89. The third kappa shape index (κ3) is 5.06. The molecule has 0 bridgehead atoms. The average molecular weight is 402 g/mol. The maximum atomic E-state index is 12.4. The highest BCUT2D eigenvalue weighted by atomic mass is 32.2. The lowest BCUT2D eigenvalue weighted by atomic mass is 10.1.